The number of nitrogens with one attached hydrogen (secondary N) is 1. The quantitative estimate of drug-likeness (QED) is 0.814. The Kier molecular flexibility index (Phi) is 4.68. The Bertz CT molecular complexity index is 582. The van der Waals surface area contributed by atoms with Crippen LogP contribution in [-0.4, -0.2) is 23.2 Å². The van der Waals surface area contributed by atoms with Crippen LogP contribution in [0.3, 0.4) is 0 Å². The minimum atomic E-state index is -0.420. The maximum absolute atomic E-state index is 11.6. The van der Waals surface area contributed by atoms with Gasteiger partial charge in [0.05, 0.1) is 13.7 Å². The lowest BCUT2D eigenvalue weighted by molar-refractivity contribution is 0.0601. The number of carbonyl (C=O) groups excluding carboxylic acids is 1. The van der Waals surface area contributed by atoms with Crippen molar-refractivity contribution in [2.45, 2.75) is 13.2 Å². The van der Waals surface area contributed by atoms with Gasteiger partial charge < -0.3 is 15.2 Å². The lowest BCUT2D eigenvalue weighted by Crippen LogP contribution is -2.09. The fourth-order valence-electron chi connectivity index (χ4n) is 1.77. The Morgan fingerprint density at radius 3 is 2.60 bits per heavy atom. The average Bonchev–Trinajstić information content (AvgIpc) is 2.53. The second-order valence-corrected chi connectivity index (χ2v) is 4.22. The number of nitrogens with zero attached hydrogens (tertiary/aromatic N) is 1. The molecule has 0 radical (unpaired) electrons. The molecule has 104 valence electrons. The van der Waals surface area contributed by atoms with Crippen molar-refractivity contribution in [3.63, 3.8) is 0 Å². The smallest absolute Gasteiger partial charge is 0.341 e. The number of benzene rings is 1. The zero-order chi connectivity index (χ0) is 14.4. The highest BCUT2D eigenvalue weighted by molar-refractivity contribution is 5.94. The third kappa shape index (κ3) is 3.33. The number of hydrogen-bond acceptors (Lipinski definition) is 5. The lowest BCUT2D eigenvalue weighted by atomic mass is 10.1. The Morgan fingerprint density at radius 1 is 1.25 bits per heavy atom. The van der Waals surface area contributed by atoms with Crippen molar-refractivity contribution in [2.75, 3.05) is 12.4 Å². The Morgan fingerprint density at radius 2 is 1.95 bits per heavy atom. The zero-order valence-corrected chi connectivity index (χ0v) is 11.2. The molecule has 0 unspecified atom stereocenters. The van der Waals surface area contributed by atoms with Gasteiger partial charge in [0.25, 0.3) is 0 Å². The van der Waals surface area contributed by atoms with E-state index in [1.165, 1.54) is 7.11 Å². The van der Waals surface area contributed by atoms with Crippen LogP contribution >= 0.6 is 0 Å². The zero-order valence-electron chi connectivity index (χ0n) is 11.2. The number of esters is 1. The predicted molar refractivity (Wildman–Crippen MR) is 75.3 cm³/mol. The van der Waals surface area contributed by atoms with Crippen molar-refractivity contribution in [2.24, 2.45) is 0 Å². The Balaban J connectivity index is 2.08. The molecule has 1 aromatic heterocycles. The number of carbonyl (C=O) groups is 1. The molecular weight excluding hydrogens is 256 g/mol. The van der Waals surface area contributed by atoms with Crippen LogP contribution in [0.5, 0.6) is 0 Å². The van der Waals surface area contributed by atoms with Crippen molar-refractivity contribution in [1.82, 2.24) is 4.98 Å². The molecule has 0 saturated heterocycles. The van der Waals surface area contributed by atoms with Crippen LogP contribution in [0.2, 0.25) is 0 Å². The summed E-state index contributed by atoms with van der Waals surface area (Å²) in [4.78, 5) is 15.7. The first kappa shape index (κ1) is 14.0. The molecule has 0 amide bonds. The van der Waals surface area contributed by atoms with Gasteiger partial charge in [0.2, 0.25) is 0 Å². The normalized spacial score (nSPS) is 10.1. The molecule has 0 aliphatic heterocycles. The van der Waals surface area contributed by atoms with Gasteiger partial charge in [0.15, 0.2) is 0 Å². The van der Waals surface area contributed by atoms with E-state index in [0.717, 1.165) is 11.1 Å². The minimum absolute atomic E-state index is 0.0282. The molecule has 2 rings (SSSR count). The van der Waals surface area contributed by atoms with Crippen molar-refractivity contribution in [3.05, 3.63) is 59.3 Å². The molecule has 0 spiro atoms. The third-order valence-electron chi connectivity index (χ3n) is 2.88. The number of hydrogen-bond donors (Lipinski definition) is 2. The van der Waals surface area contributed by atoms with Crippen LogP contribution in [0, 0.1) is 0 Å². The minimum Gasteiger partial charge on any atom is -0.465 e. The van der Waals surface area contributed by atoms with Crippen molar-refractivity contribution in [3.8, 4) is 0 Å². The van der Waals surface area contributed by atoms with Crippen molar-refractivity contribution < 1.29 is 14.6 Å². The standard InChI is InChI=1S/C15H16N2O3/c1-20-15(19)13-3-2-8-16-14(13)17-9-11-4-6-12(10-18)7-5-11/h2-8,18H,9-10H2,1H3,(H,16,17). The summed E-state index contributed by atoms with van der Waals surface area (Å²) < 4.78 is 4.71. The van der Waals surface area contributed by atoms with Crippen LogP contribution < -0.4 is 5.32 Å². The van der Waals surface area contributed by atoms with E-state index in [4.69, 9.17) is 9.84 Å². The van der Waals surface area contributed by atoms with Gasteiger partial charge in [-0.15, -0.1) is 0 Å². The highest BCUT2D eigenvalue weighted by Gasteiger charge is 2.11. The molecule has 5 nitrogen and oxygen atoms in total. The van der Waals surface area contributed by atoms with Gasteiger partial charge in [0, 0.05) is 12.7 Å². The van der Waals surface area contributed by atoms with Crippen LogP contribution in [0.1, 0.15) is 21.5 Å². The number of aliphatic hydroxyl groups is 1. The van der Waals surface area contributed by atoms with Gasteiger partial charge in [-0.3, -0.25) is 0 Å². The van der Waals surface area contributed by atoms with E-state index in [1.54, 1.807) is 18.3 Å². The molecular formula is C15H16N2O3. The second-order valence-electron chi connectivity index (χ2n) is 4.22. The molecule has 5 heteroatoms. The summed E-state index contributed by atoms with van der Waals surface area (Å²) in [6, 6.07) is 10.9. The van der Waals surface area contributed by atoms with Gasteiger partial charge in [-0.1, -0.05) is 24.3 Å². The second kappa shape index (κ2) is 6.68. The fraction of sp³-hybridized carbons (Fsp3) is 0.200. The van der Waals surface area contributed by atoms with Gasteiger partial charge in [-0.2, -0.15) is 0 Å². The molecule has 2 aromatic rings. The van der Waals surface area contributed by atoms with Crippen molar-refractivity contribution in [1.29, 1.82) is 0 Å². The van der Waals surface area contributed by atoms with Crippen molar-refractivity contribution >= 4 is 11.8 Å². The van der Waals surface area contributed by atoms with Crippen LogP contribution in [0.4, 0.5) is 5.82 Å². The summed E-state index contributed by atoms with van der Waals surface area (Å²) in [5, 5.41) is 12.1. The van der Waals surface area contributed by atoms with E-state index in [0.29, 0.717) is 17.9 Å². The van der Waals surface area contributed by atoms with Gasteiger partial charge in [-0.05, 0) is 23.3 Å². The molecule has 0 aliphatic rings. The summed E-state index contributed by atoms with van der Waals surface area (Å²) in [6.07, 6.45) is 1.61. The predicted octanol–water partition coefficient (Wildman–Crippen LogP) is 1.97. The van der Waals surface area contributed by atoms with E-state index >= 15 is 0 Å². The first-order valence-corrected chi connectivity index (χ1v) is 6.20. The van der Waals surface area contributed by atoms with Gasteiger partial charge in [-0.25, -0.2) is 9.78 Å². The SMILES string of the molecule is COC(=O)c1cccnc1NCc1ccc(CO)cc1. The molecule has 0 atom stereocenters. The average molecular weight is 272 g/mol. The number of aromatic nitrogens is 1. The first-order chi connectivity index (χ1) is 9.74. The fourth-order valence-corrected chi connectivity index (χ4v) is 1.77. The maximum atomic E-state index is 11.6. The number of methoxy groups -OCH3 is 1. The molecule has 0 bridgehead atoms. The molecule has 0 fully saturated rings. The highest BCUT2D eigenvalue weighted by atomic mass is 16.5. The summed E-state index contributed by atoms with van der Waals surface area (Å²) in [7, 11) is 1.34. The van der Waals surface area contributed by atoms with E-state index in [1.807, 2.05) is 24.3 Å². The Labute approximate surface area is 117 Å². The molecule has 0 aliphatic carbocycles. The third-order valence-corrected chi connectivity index (χ3v) is 2.88. The highest BCUT2D eigenvalue weighted by Crippen LogP contribution is 2.14. The van der Waals surface area contributed by atoms with Crippen LogP contribution in [0.15, 0.2) is 42.6 Å². The van der Waals surface area contributed by atoms with Crippen LogP contribution in [-0.2, 0) is 17.9 Å². The summed E-state index contributed by atoms with van der Waals surface area (Å²) in [5.41, 5.74) is 2.30. The van der Waals surface area contributed by atoms with E-state index < -0.39 is 5.97 Å². The molecule has 2 N–H and O–H groups in total. The Hall–Kier alpha value is -2.40. The van der Waals surface area contributed by atoms with Crippen LogP contribution in [0.25, 0.3) is 0 Å². The number of ether oxygens (including phenoxy) is 1. The molecule has 1 heterocycles. The monoisotopic (exact) mass is 272 g/mol. The van der Waals surface area contributed by atoms with Gasteiger partial charge >= 0.3 is 5.97 Å². The molecule has 1 aromatic carbocycles. The maximum Gasteiger partial charge on any atom is 0.341 e. The van der Waals surface area contributed by atoms with E-state index in [9.17, 15) is 4.79 Å². The number of aliphatic hydroxyl groups excluding tert-OH is 1. The van der Waals surface area contributed by atoms with Gasteiger partial charge in [0.1, 0.15) is 11.4 Å². The summed E-state index contributed by atoms with van der Waals surface area (Å²) in [6.45, 7) is 0.563. The number of anilines is 1. The molecule has 20 heavy (non-hydrogen) atoms. The topological polar surface area (TPSA) is 71.5 Å². The molecule has 0 saturated carbocycles. The van der Waals surface area contributed by atoms with E-state index in [2.05, 4.69) is 10.3 Å². The largest absolute Gasteiger partial charge is 0.465 e. The summed E-state index contributed by atoms with van der Waals surface area (Å²) in [5.74, 6) is 0.0711. The number of rotatable bonds is 5. The lowest BCUT2D eigenvalue weighted by Gasteiger charge is -2.09. The van der Waals surface area contributed by atoms with E-state index in [-0.39, 0.29) is 6.61 Å². The number of pyridine rings is 1. The summed E-state index contributed by atoms with van der Waals surface area (Å²) >= 11 is 0. The first-order valence-electron chi connectivity index (χ1n) is 6.20.